The van der Waals surface area contributed by atoms with Gasteiger partial charge in [0.1, 0.15) is 6.04 Å². The van der Waals surface area contributed by atoms with Crippen molar-refractivity contribution in [1.82, 2.24) is 5.32 Å². The zero-order valence-electron chi connectivity index (χ0n) is 9.06. The second kappa shape index (κ2) is 8.37. The van der Waals surface area contributed by atoms with Crippen LogP contribution in [0.5, 0.6) is 0 Å². The average molecular weight is 249 g/mol. The summed E-state index contributed by atoms with van der Waals surface area (Å²) in [4.78, 5) is 22.2. The van der Waals surface area contributed by atoms with E-state index in [9.17, 15) is 9.59 Å². The molecule has 0 aliphatic carbocycles. The molecule has 0 rings (SSSR count). The monoisotopic (exact) mass is 249 g/mol. The Kier molecular flexibility index (Phi) is 7.96. The van der Waals surface area contributed by atoms with Gasteiger partial charge in [-0.25, -0.2) is 4.79 Å². The number of carbonyl (C=O) groups is 2. The molecule has 0 fully saturated rings. The number of hydrogen-bond donors (Lipinski definition) is 5. The summed E-state index contributed by atoms with van der Waals surface area (Å²) in [6.45, 7) is 0.510. The van der Waals surface area contributed by atoms with Gasteiger partial charge < -0.3 is 21.9 Å². The summed E-state index contributed by atoms with van der Waals surface area (Å²) in [5.74, 6) is -1.37. The molecule has 2 unspecified atom stereocenters. The molecule has 0 aromatic carbocycles. The zero-order chi connectivity index (χ0) is 12.6. The fourth-order valence-electron chi connectivity index (χ4n) is 1.11. The van der Waals surface area contributed by atoms with Gasteiger partial charge in [-0.3, -0.25) is 4.79 Å². The van der Waals surface area contributed by atoms with E-state index in [1.807, 2.05) is 0 Å². The third-order valence-electron chi connectivity index (χ3n) is 2.09. The van der Waals surface area contributed by atoms with E-state index in [0.717, 1.165) is 6.42 Å². The predicted molar refractivity (Wildman–Crippen MR) is 64.3 cm³/mol. The van der Waals surface area contributed by atoms with Gasteiger partial charge >= 0.3 is 5.97 Å². The standard InChI is InChI=1S/C9H19N3O3S/c10-4-2-1-3-7(9(14)15)12-8(13)6(11)5-16/h6-7,16H,1-5,10-11H2,(H,12,13)(H,14,15). The molecule has 0 radical (unpaired) electrons. The Balaban J connectivity index is 4.12. The lowest BCUT2D eigenvalue weighted by atomic mass is 10.1. The highest BCUT2D eigenvalue weighted by atomic mass is 32.1. The van der Waals surface area contributed by atoms with Crippen LogP contribution in [0.15, 0.2) is 0 Å². The van der Waals surface area contributed by atoms with Gasteiger partial charge in [0.2, 0.25) is 5.91 Å². The first-order chi connectivity index (χ1) is 7.52. The third kappa shape index (κ3) is 5.94. The quantitative estimate of drug-likeness (QED) is 0.277. The van der Waals surface area contributed by atoms with Crippen LogP contribution in [0.2, 0.25) is 0 Å². The van der Waals surface area contributed by atoms with E-state index in [4.69, 9.17) is 16.6 Å². The Hall–Kier alpha value is -0.790. The Labute approximate surface area is 100 Å². The molecular weight excluding hydrogens is 230 g/mol. The highest BCUT2D eigenvalue weighted by Gasteiger charge is 2.21. The molecule has 0 heterocycles. The Morgan fingerprint density at radius 2 is 2.00 bits per heavy atom. The number of carboxylic acid groups (broad SMARTS) is 1. The van der Waals surface area contributed by atoms with Crippen LogP contribution in [0.25, 0.3) is 0 Å². The maximum Gasteiger partial charge on any atom is 0.326 e. The fraction of sp³-hybridized carbons (Fsp3) is 0.778. The largest absolute Gasteiger partial charge is 0.480 e. The zero-order valence-corrected chi connectivity index (χ0v) is 9.95. The average Bonchev–Trinajstić information content (AvgIpc) is 2.26. The van der Waals surface area contributed by atoms with Crippen molar-refractivity contribution in [1.29, 1.82) is 0 Å². The molecule has 0 aliphatic heterocycles. The Morgan fingerprint density at radius 3 is 2.44 bits per heavy atom. The molecule has 0 saturated heterocycles. The minimum absolute atomic E-state index is 0.182. The molecule has 2 atom stereocenters. The van der Waals surface area contributed by atoms with Gasteiger partial charge in [0.15, 0.2) is 0 Å². The second-order valence-corrected chi connectivity index (χ2v) is 3.84. The molecule has 16 heavy (non-hydrogen) atoms. The van der Waals surface area contributed by atoms with E-state index in [1.165, 1.54) is 0 Å². The summed E-state index contributed by atoms with van der Waals surface area (Å²) in [5, 5.41) is 11.2. The highest BCUT2D eigenvalue weighted by Crippen LogP contribution is 2.01. The summed E-state index contributed by atoms with van der Waals surface area (Å²) in [6, 6.07) is -1.68. The minimum atomic E-state index is -1.06. The van der Waals surface area contributed by atoms with Crippen molar-refractivity contribution >= 4 is 24.5 Å². The van der Waals surface area contributed by atoms with Crippen molar-refractivity contribution in [3.8, 4) is 0 Å². The van der Waals surface area contributed by atoms with Crippen molar-refractivity contribution in [3.63, 3.8) is 0 Å². The lowest BCUT2D eigenvalue weighted by Crippen LogP contribution is -2.49. The number of rotatable bonds is 8. The first kappa shape index (κ1) is 15.2. The number of unbranched alkanes of at least 4 members (excludes halogenated alkanes) is 1. The van der Waals surface area contributed by atoms with Crippen molar-refractivity contribution in [2.75, 3.05) is 12.3 Å². The maximum atomic E-state index is 11.3. The molecule has 0 saturated carbocycles. The lowest BCUT2D eigenvalue weighted by molar-refractivity contribution is -0.142. The summed E-state index contributed by atoms with van der Waals surface area (Å²) in [5.41, 5.74) is 10.7. The van der Waals surface area contributed by atoms with Crippen LogP contribution < -0.4 is 16.8 Å². The minimum Gasteiger partial charge on any atom is -0.480 e. The Morgan fingerprint density at radius 1 is 1.38 bits per heavy atom. The third-order valence-corrected chi connectivity index (χ3v) is 2.49. The van der Waals surface area contributed by atoms with Crippen LogP contribution in [-0.2, 0) is 9.59 Å². The van der Waals surface area contributed by atoms with Gasteiger partial charge in [-0.15, -0.1) is 0 Å². The number of thiol groups is 1. The van der Waals surface area contributed by atoms with Crippen LogP contribution in [0.1, 0.15) is 19.3 Å². The molecule has 0 spiro atoms. The van der Waals surface area contributed by atoms with Crippen LogP contribution in [0, 0.1) is 0 Å². The van der Waals surface area contributed by atoms with Crippen LogP contribution >= 0.6 is 12.6 Å². The second-order valence-electron chi connectivity index (χ2n) is 3.47. The van der Waals surface area contributed by atoms with Gasteiger partial charge in [0, 0.05) is 5.75 Å². The molecule has 0 aromatic heterocycles. The van der Waals surface area contributed by atoms with Crippen molar-refractivity contribution in [2.45, 2.75) is 31.3 Å². The van der Waals surface area contributed by atoms with Gasteiger partial charge in [0.25, 0.3) is 0 Å². The highest BCUT2D eigenvalue weighted by molar-refractivity contribution is 7.80. The van der Waals surface area contributed by atoms with E-state index >= 15 is 0 Å². The van der Waals surface area contributed by atoms with Crippen LogP contribution in [0.3, 0.4) is 0 Å². The van der Waals surface area contributed by atoms with E-state index in [2.05, 4.69) is 17.9 Å². The number of carbonyl (C=O) groups excluding carboxylic acids is 1. The molecule has 7 heteroatoms. The molecule has 6 N–H and O–H groups in total. The van der Waals surface area contributed by atoms with Gasteiger partial charge in [-0.1, -0.05) is 0 Å². The molecule has 94 valence electrons. The SMILES string of the molecule is NCCCCC(NC(=O)C(N)CS)C(=O)O. The number of amides is 1. The number of nitrogens with one attached hydrogen (secondary N) is 1. The Bertz CT molecular complexity index is 238. The van der Waals surface area contributed by atoms with E-state index in [1.54, 1.807) is 0 Å². The number of aliphatic carboxylic acids is 1. The number of nitrogens with two attached hydrogens (primary N) is 2. The van der Waals surface area contributed by atoms with E-state index in [-0.39, 0.29) is 5.75 Å². The van der Waals surface area contributed by atoms with Gasteiger partial charge in [-0.05, 0) is 25.8 Å². The van der Waals surface area contributed by atoms with Crippen LogP contribution in [-0.4, -0.2) is 41.4 Å². The van der Waals surface area contributed by atoms with Gasteiger partial charge in [0.05, 0.1) is 6.04 Å². The molecule has 6 nitrogen and oxygen atoms in total. The summed E-state index contributed by atoms with van der Waals surface area (Å²) < 4.78 is 0. The normalized spacial score (nSPS) is 14.2. The molecule has 0 aliphatic rings. The van der Waals surface area contributed by atoms with Crippen LogP contribution in [0.4, 0.5) is 0 Å². The first-order valence-electron chi connectivity index (χ1n) is 5.12. The lowest BCUT2D eigenvalue weighted by Gasteiger charge is -2.16. The molecule has 1 amide bonds. The smallest absolute Gasteiger partial charge is 0.326 e. The number of hydrogen-bond acceptors (Lipinski definition) is 5. The summed E-state index contributed by atoms with van der Waals surface area (Å²) in [6.07, 6.45) is 1.75. The molecule has 0 bridgehead atoms. The van der Waals surface area contributed by atoms with E-state index in [0.29, 0.717) is 19.4 Å². The van der Waals surface area contributed by atoms with E-state index < -0.39 is 24.0 Å². The fourth-order valence-corrected chi connectivity index (χ4v) is 1.28. The summed E-state index contributed by atoms with van der Waals surface area (Å²) >= 11 is 3.86. The first-order valence-corrected chi connectivity index (χ1v) is 5.75. The summed E-state index contributed by atoms with van der Waals surface area (Å²) in [7, 11) is 0. The number of carboxylic acids is 1. The van der Waals surface area contributed by atoms with Crippen molar-refractivity contribution in [2.24, 2.45) is 11.5 Å². The van der Waals surface area contributed by atoms with Crippen molar-refractivity contribution in [3.05, 3.63) is 0 Å². The van der Waals surface area contributed by atoms with Crippen molar-refractivity contribution < 1.29 is 14.7 Å². The topological polar surface area (TPSA) is 118 Å². The van der Waals surface area contributed by atoms with Gasteiger partial charge in [-0.2, -0.15) is 12.6 Å². The molecular formula is C9H19N3O3S. The maximum absolute atomic E-state index is 11.3. The molecule has 0 aromatic rings. The predicted octanol–water partition coefficient (Wildman–Crippen LogP) is -1.06.